The molecular weight excluding hydrogens is 358 g/mol. The Morgan fingerprint density at radius 2 is 1.96 bits per heavy atom. The zero-order valence-corrected chi connectivity index (χ0v) is 17.2. The molecule has 0 aromatic heterocycles. The number of likely N-dealkylation sites (tertiary alicyclic amines) is 1. The quantitative estimate of drug-likeness (QED) is 0.693. The third-order valence-electron chi connectivity index (χ3n) is 7.24. The van der Waals surface area contributed by atoms with E-state index in [-0.39, 0.29) is 17.6 Å². The topological polar surface area (TPSA) is 62.3 Å². The number of nitrogens with zero attached hydrogens (tertiary/aromatic N) is 3. The van der Waals surface area contributed by atoms with Crippen molar-refractivity contribution >= 4 is 11.9 Å². The standard InChI is InChI=1S/C21H35N3O4/c1-27-13-11-23-15-21(8-12-28-16-21)24(20(23)26)18-6-9-22(10-7-18)19(25)14-17-4-2-3-5-17/h17-18H,2-16H2,1H3. The van der Waals surface area contributed by atoms with Crippen molar-refractivity contribution in [3.05, 3.63) is 0 Å². The lowest BCUT2D eigenvalue weighted by Crippen LogP contribution is -2.56. The lowest BCUT2D eigenvalue weighted by molar-refractivity contribution is -0.133. The maximum atomic E-state index is 13.2. The van der Waals surface area contributed by atoms with Gasteiger partial charge in [-0.2, -0.15) is 0 Å². The van der Waals surface area contributed by atoms with Gasteiger partial charge in [-0.1, -0.05) is 12.8 Å². The van der Waals surface area contributed by atoms with E-state index in [0.717, 1.165) is 51.9 Å². The van der Waals surface area contributed by atoms with Crippen LogP contribution in [0.3, 0.4) is 0 Å². The summed E-state index contributed by atoms with van der Waals surface area (Å²) in [5, 5.41) is 0. The second-order valence-corrected chi connectivity index (χ2v) is 9.06. The van der Waals surface area contributed by atoms with Crippen LogP contribution >= 0.6 is 0 Å². The molecule has 28 heavy (non-hydrogen) atoms. The zero-order chi connectivity index (χ0) is 19.6. The number of carbonyl (C=O) groups is 2. The van der Waals surface area contributed by atoms with E-state index < -0.39 is 0 Å². The highest BCUT2D eigenvalue weighted by Crippen LogP contribution is 2.38. The normalized spacial score (nSPS) is 29.6. The molecule has 7 heteroatoms. The average molecular weight is 394 g/mol. The molecule has 3 heterocycles. The fraction of sp³-hybridized carbons (Fsp3) is 0.905. The lowest BCUT2D eigenvalue weighted by Gasteiger charge is -2.42. The summed E-state index contributed by atoms with van der Waals surface area (Å²) >= 11 is 0. The summed E-state index contributed by atoms with van der Waals surface area (Å²) in [4.78, 5) is 31.9. The zero-order valence-electron chi connectivity index (χ0n) is 17.2. The lowest BCUT2D eigenvalue weighted by atomic mass is 9.92. The predicted molar refractivity (Wildman–Crippen MR) is 105 cm³/mol. The van der Waals surface area contributed by atoms with E-state index in [1.54, 1.807) is 7.11 Å². The minimum Gasteiger partial charge on any atom is -0.383 e. The van der Waals surface area contributed by atoms with Crippen LogP contribution in [0.25, 0.3) is 0 Å². The molecule has 1 aliphatic carbocycles. The van der Waals surface area contributed by atoms with Gasteiger partial charge in [-0.15, -0.1) is 0 Å². The number of ether oxygens (including phenoxy) is 2. The Morgan fingerprint density at radius 3 is 2.61 bits per heavy atom. The monoisotopic (exact) mass is 393 g/mol. The second kappa shape index (κ2) is 8.57. The summed E-state index contributed by atoms with van der Waals surface area (Å²) in [5.41, 5.74) is -0.189. The SMILES string of the molecule is COCCN1CC2(CCOC2)N(C2CCN(C(=O)CC3CCCC3)CC2)C1=O. The molecule has 4 fully saturated rings. The number of urea groups is 1. The first kappa shape index (κ1) is 20.0. The van der Waals surface area contributed by atoms with Crippen LogP contribution in [0.5, 0.6) is 0 Å². The van der Waals surface area contributed by atoms with Gasteiger partial charge in [-0.3, -0.25) is 4.79 Å². The van der Waals surface area contributed by atoms with E-state index in [1.807, 2.05) is 9.80 Å². The van der Waals surface area contributed by atoms with Gasteiger partial charge in [0.2, 0.25) is 5.91 Å². The minimum atomic E-state index is -0.189. The molecule has 3 saturated heterocycles. The molecule has 7 nitrogen and oxygen atoms in total. The van der Waals surface area contributed by atoms with Crippen LogP contribution in [0.4, 0.5) is 4.79 Å². The first-order chi connectivity index (χ1) is 13.6. The first-order valence-electron chi connectivity index (χ1n) is 11.1. The van der Waals surface area contributed by atoms with Crippen molar-refractivity contribution in [1.82, 2.24) is 14.7 Å². The van der Waals surface area contributed by atoms with Crippen molar-refractivity contribution in [2.45, 2.75) is 62.9 Å². The number of methoxy groups -OCH3 is 1. The molecule has 0 radical (unpaired) electrons. The van der Waals surface area contributed by atoms with E-state index >= 15 is 0 Å². The van der Waals surface area contributed by atoms with E-state index in [2.05, 4.69) is 4.90 Å². The maximum Gasteiger partial charge on any atom is 0.321 e. The second-order valence-electron chi connectivity index (χ2n) is 9.06. The fourth-order valence-corrected chi connectivity index (χ4v) is 5.65. The summed E-state index contributed by atoms with van der Waals surface area (Å²) in [5.74, 6) is 0.914. The summed E-state index contributed by atoms with van der Waals surface area (Å²) in [7, 11) is 1.67. The largest absolute Gasteiger partial charge is 0.383 e. The number of piperidine rings is 1. The van der Waals surface area contributed by atoms with E-state index in [0.29, 0.717) is 31.6 Å². The van der Waals surface area contributed by atoms with Crippen molar-refractivity contribution in [3.8, 4) is 0 Å². The molecule has 3 amide bonds. The van der Waals surface area contributed by atoms with E-state index in [9.17, 15) is 9.59 Å². The molecule has 3 aliphatic heterocycles. The van der Waals surface area contributed by atoms with Crippen LogP contribution in [0, 0.1) is 5.92 Å². The highest BCUT2D eigenvalue weighted by molar-refractivity contribution is 5.79. The molecule has 0 aromatic rings. The van der Waals surface area contributed by atoms with Crippen LogP contribution < -0.4 is 0 Å². The van der Waals surface area contributed by atoms with Crippen molar-refractivity contribution < 1.29 is 19.1 Å². The van der Waals surface area contributed by atoms with Gasteiger partial charge in [0.25, 0.3) is 0 Å². The molecular formula is C21H35N3O4. The Labute approximate surface area is 168 Å². The molecule has 4 aliphatic rings. The third kappa shape index (κ3) is 3.88. The molecule has 0 aromatic carbocycles. The number of amides is 3. The van der Waals surface area contributed by atoms with Gasteiger partial charge in [-0.25, -0.2) is 4.79 Å². The van der Waals surface area contributed by atoms with E-state index in [1.165, 1.54) is 25.7 Å². The maximum absolute atomic E-state index is 13.2. The van der Waals surface area contributed by atoms with Crippen molar-refractivity contribution in [1.29, 1.82) is 0 Å². The summed E-state index contributed by atoms with van der Waals surface area (Å²) in [6, 6.07) is 0.329. The van der Waals surface area contributed by atoms with Gasteiger partial charge in [-0.05, 0) is 38.0 Å². The molecule has 0 N–H and O–H groups in total. The minimum absolute atomic E-state index is 0.123. The molecule has 1 saturated carbocycles. The van der Waals surface area contributed by atoms with Gasteiger partial charge < -0.3 is 24.2 Å². The van der Waals surface area contributed by atoms with Gasteiger partial charge in [0.15, 0.2) is 0 Å². The van der Waals surface area contributed by atoms with Crippen LogP contribution in [0.2, 0.25) is 0 Å². The Balaban J connectivity index is 1.36. The van der Waals surface area contributed by atoms with Gasteiger partial charge >= 0.3 is 6.03 Å². The van der Waals surface area contributed by atoms with Crippen molar-refractivity contribution in [3.63, 3.8) is 0 Å². The summed E-state index contributed by atoms with van der Waals surface area (Å²) < 4.78 is 10.9. The summed E-state index contributed by atoms with van der Waals surface area (Å²) in [6.45, 7) is 4.82. The molecule has 4 rings (SSSR count). The number of carbonyl (C=O) groups excluding carboxylic acids is 2. The van der Waals surface area contributed by atoms with Gasteiger partial charge in [0, 0.05) is 52.4 Å². The number of hydrogen-bond acceptors (Lipinski definition) is 4. The van der Waals surface area contributed by atoms with E-state index in [4.69, 9.17) is 9.47 Å². The van der Waals surface area contributed by atoms with Crippen molar-refractivity contribution in [2.24, 2.45) is 5.92 Å². The van der Waals surface area contributed by atoms with Crippen LogP contribution in [0.15, 0.2) is 0 Å². The summed E-state index contributed by atoms with van der Waals surface area (Å²) in [6.07, 6.45) is 8.36. The predicted octanol–water partition coefficient (Wildman–Crippen LogP) is 2.10. The Kier molecular flexibility index (Phi) is 6.11. The fourth-order valence-electron chi connectivity index (χ4n) is 5.65. The first-order valence-corrected chi connectivity index (χ1v) is 11.1. The van der Waals surface area contributed by atoms with Crippen molar-refractivity contribution in [2.75, 3.05) is 53.1 Å². The Hall–Kier alpha value is -1.34. The Bertz CT molecular complexity index is 564. The number of rotatable bonds is 6. The van der Waals surface area contributed by atoms with Crippen LogP contribution in [0.1, 0.15) is 51.4 Å². The van der Waals surface area contributed by atoms with Crippen LogP contribution in [-0.4, -0.2) is 91.3 Å². The highest BCUT2D eigenvalue weighted by atomic mass is 16.5. The third-order valence-corrected chi connectivity index (χ3v) is 7.24. The van der Waals surface area contributed by atoms with Gasteiger partial charge in [0.05, 0.1) is 18.8 Å². The van der Waals surface area contributed by atoms with Gasteiger partial charge in [0.1, 0.15) is 0 Å². The van der Waals surface area contributed by atoms with Crippen LogP contribution in [-0.2, 0) is 14.3 Å². The molecule has 0 bridgehead atoms. The highest BCUT2D eigenvalue weighted by Gasteiger charge is 2.54. The Morgan fingerprint density at radius 1 is 1.21 bits per heavy atom. The smallest absolute Gasteiger partial charge is 0.321 e. The average Bonchev–Trinajstić information content (AvgIpc) is 3.43. The molecule has 1 atom stereocenters. The molecule has 1 spiro atoms. The number of hydrogen-bond donors (Lipinski definition) is 0. The molecule has 158 valence electrons. The molecule has 1 unspecified atom stereocenters.